The van der Waals surface area contributed by atoms with Gasteiger partial charge in [-0.3, -0.25) is 0 Å². The molecular weight excluding hydrogens is 698 g/mol. The van der Waals surface area contributed by atoms with Crippen LogP contribution in [0.5, 0.6) is 0 Å². The molecule has 9 aromatic carbocycles. The number of hydrogen-bond acceptors (Lipinski definition) is 2. The summed E-state index contributed by atoms with van der Waals surface area (Å²) in [7, 11) is 0. The Labute approximate surface area is 341 Å². The molecule has 0 saturated carbocycles. The monoisotopic (exact) mass is 736 g/mol. The zero-order chi connectivity index (χ0) is 38.4. The molecule has 0 N–H and O–H groups in total. The second-order valence-corrected chi connectivity index (χ2v) is 15.3. The van der Waals surface area contributed by atoms with Crippen molar-refractivity contribution in [2.45, 2.75) is 0 Å². The first-order valence-corrected chi connectivity index (χ1v) is 20.2. The highest BCUT2D eigenvalue weighted by Gasteiger charge is 2.41. The van der Waals surface area contributed by atoms with Gasteiger partial charge in [-0.25, -0.2) is 0 Å². The van der Waals surface area contributed by atoms with Crippen molar-refractivity contribution in [3.8, 4) is 22.3 Å². The Morgan fingerprint density at radius 1 is 0.241 bits per heavy atom. The van der Waals surface area contributed by atoms with Crippen LogP contribution in [0.2, 0.25) is 0 Å². The van der Waals surface area contributed by atoms with E-state index in [0.717, 1.165) is 11.4 Å². The fourth-order valence-electron chi connectivity index (χ4n) is 9.36. The van der Waals surface area contributed by atoms with Crippen molar-refractivity contribution >= 4 is 80.3 Å². The second-order valence-electron chi connectivity index (χ2n) is 15.3. The minimum absolute atomic E-state index is 0.0183. The number of benzene rings is 9. The molecule has 0 saturated heterocycles. The summed E-state index contributed by atoms with van der Waals surface area (Å²) < 4.78 is 0. The molecule has 0 unspecified atom stereocenters. The van der Waals surface area contributed by atoms with Gasteiger partial charge in [-0.2, -0.15) is 0 Å². The van der Waals surface area contributed by atoms with Crippen LogP contribution in [-0.4, -0.2) is 13.4 Å². The van der Waals surface area contributed by atoms with Crippen molar-refractivity contribution in [2.75, 3.05) is 9.80 Å². The quantitative estimate of drug-likeness (QED) is 0.157. The Morgan fingerprint density at radius 2 is 0.569 bits per heavy atom. The van der Waals surface area contributed by atoms with Crippen LogP contribution in [0.1, 0.15) is 0 Å². The lowest BCUT2D eigenvalue weighted by Gasteiger charge is -2.42. The Morgan fingerprint density at radius 3 is 0.948 bits per heavy atom. The maximum Gasteiger partial charge on any atom is 0.246 e. The largest absolute Gasteiger partial charge is 0.311 e. The average molecular weight is 737 g/mol. The lowest BCUT2D eigenvalue weighted by Crippen LogP contribution is -2.62. The number of para-hydroxylation sites is 2. The summed E-state index contributed by atoms with van der Waals surface area (Å²) in [6, 6.07) is 84.7. The van der Waals surface area contributed by atoms with E-state index in [4.69, 9.17) is 0 Å². The Kier molecular flexibility index (Phi) is 8.40. The van der Waals surface area contributed by atoms with E-state index in [1.165, 1.54) is 77.8 Å². The van der Waals surface area contributed by atoms with Crippen LogP contribution in [-0.2, 0) is 0 Å². The Bertz CT molecular complexity index is 2690. The van der Waals surface area contributed by atoms with Gasteiger partial charge < -0.3 is 9.80 Å². The van der Waals surface area contributed by atoms with Crippen LogP contribution in [0.15, 0.2) is 231 Å². The molecule has 2 aliphatic rings. The molecule has 0 radical (unpaired) electrons. The highest BCUT2D eigenvalue weighted by molar-refractivity contribution is 7.00. The van der Waals surface area contributed by atoms with E-state index in [-0.39, 0.29) is 13.4 Å². The van der Waals surface area contributed by atoms with Gasteiger partial charge >= 0.3 is 0 Å². The molecule has 270 valence electrons. The highest BCUT2D eigenvalue weighted by atomic mass is 15.2. The summed E-state index contributed by atoms with van der Waals surface area (Å²) >= 11 is 0. The van der Waals surface area contributed by atoms with Crippen LogP contribution in [0.3, 0.4) is 0 Å². The maximum absolute atomic E-state index is 2.55. The molecule has 2 heterocycles. The fourth-order valence-corrected chi connectivity index (χ4v) is 9.36. The first-order valence-electron chi connectivity index (χ1n) is 20.2. The molecule has 2 nitrogen and oxygen atoms in total. The van der Waals surface area contributed by atoms with Crippen LogP contribution < -0.4 is 42.6 Å². The molecule has 58 heavy (non-hydrogen) atoms. The molecule has 0 aromatic heterocycles. The lowest BCUT2D eigenvalue weighted by molar-refractivity contribution is 1.26. The Hall–Kier alpha value is -7.29. The molecule has 0 bridgehead atoms. The second kappa shape index (κ2) is 14.3. The number of hydrogen-bond donors (Lipinski definition) is 0. The van der Waals surface area contributed by atoms with Gasteiger partial charge in [0.15, 0.2) is 0 Å². The standard InChI is InChI=1S/C54H38B2N2/c1-7-19-39(20-8-1)41-31-33-47-51(35-41)57(45-27-15-5-16-28-45)53-38-54-50(37-49(53)55(47)43-23-11-3-12-24-43)56(44-25-13-4-14-26-44)48-34-32-42(40-21-9-2-10-22-40)36-52(48)58(54)46-29-17-6-18-30-46/h1-38H. The van der Waals surface area contributed by atoms with Gasteiger partial charge in [0.1, 0.15) is 0 Å². The third kappa shape index (κ3) is 5.76. The van der Waals surface area contributed by atoms with Crippen molar-refractivity contribution in [1.82, 2.24) is 0 Å². The summed E-state index contributed by atoms with van der Waals surface area (Å²) in [6.45, 7) is 0.0366. The third-order valence-corrected chi connectivity index (χ3v) is 12.0. The van der Waals surface area contributed by atoms with E-state index < -0.39 is 0 Å². The third-order valence-electron chi connectivity index (χ3n) is 12.0. The van der Waals surface area contributed by atoms with Gasteiger partial charge in [0.25, 0.3) is 0 Å². The van der Waals surface area contributed by atoms with Crippen molar-refractivity contribution in [3.63, 3.8) is 0 Å². The number of nitrogens with zero attached hydrogens (tertiary/aromatic N) is 2. The minimum atomic E-state index is 0.0183. The average Bonchev–Trinajstić information content (AvgIpc) is 3.30. The normalized spacial score (nSPS) is 12.7. The molecule has 9 aromatic rings. The zero-order valence-corrected chi connectivity index (χ0v) is 32.0. The fraction of sp³-hybridized carbons (Fsp3) is 0. The molecule has 0 amide bonds. The highest BCUT2D eigenvalue weighted by Crippen LogP contribution is 2.43. The first-order chi connectivity index (χ1) is 28.8. The summed E-state index contributed by atoms with van der Waals surface area (Å²) in [4.78, 5) is 5.01. The topological polar surface area (TPSA) is 6.48 Å². The van der Waals surface area contributed by atoms with E-state index in [0.29, 0.717) is 0 Å². The van der Waals surface area contributed by atoms with Crippen LogP contribution >= 0.6 is 0 Å². The van der Waals surface area contributed by atoms with Gasteiger partial charge in [0, 0.05) is 34.1 Å². The molecule has 0 spiro atoms. The maximum atomic E-state index is 2.55. The predicted octanol–water partition coefficient (Wildman–Crippen LogP) is 9.62. The van der Waals surface area contributed by atoms with E-state index >= 15 is 0 Å². The van der Waals surface area contributed by atoms with Crippen molar-refractivity contribution < 1.29 is 0 Å². The van der Waals surface area contributed by atoms with Crippen molar-refractivity contribution in [1.29, 1.82) is 0 Å². The van der Waals surface area contributed by atoms with Crippen molar-refractivity contribution in [3.05, 3.63) is 231 Å². The van der Waals surface area contributed by atoms with Gasteiger partial charge in [-0.1, -0.05) is 199 Å². The summed E-state index contributed by atoms with van der Waals surface area (Å²) in [5.41, 5.74) is 19.6. The summed E-state index contributed by atoms with van der Waals surface area (Å²) in [6.07, 6.45) is 0. The first kappa shape index (κ1) is 34.0. The molecule has 0 fully saturated rings. The molecular formula is C54H38B2N2. The van der Waals surface area contributed by atoms with E-state index in [1.54, 1.807) is 0 Å². The minimum Gasteiger partial charge on any atom is -0.311 e. The van der Waals surface area contributed by atoms with Gasteiger partial charge in [-0.15, -0.1) is 0 Å². The summed E-state index contributed by atoms with van der Waals surface area (Å²) in [5, 5.41) is 0. The van der Waals surface area contributed by atoms with E-state index in [1.807, 2.05) is 0 Å². The van der Waals surface area contributed by atoms with E-state index in [9.17, 15) is 0 Å². The SMILES string of the molecule is c1ccc(B2c3ccc(-c4ccccc4)cc3N(c3ccccc3)c3cc4c(cc32)B(c2ccccc2)c2ccc(-c3ccccc3)cc2N4c2ccccc2)cc1. The molecule has 0 aliphatic carbocycles. The van der Waals surface area contributed by atoms with Crippen LogP contribution in [0, 0.1) is 0 Å². The number of rotatable bonds is 6. The van der Waals surface area contributed by atoms with Gasteiger partial charge in [0.2, 0.25) is 13.4 Å². The van der Waals surface area contributed by atoms with E-state index in [2.05, 4.69) is 240 Å². The molecule has 0 atom stereocenters. The van der Waals surface area contributed by atoms with Gasteiger partial charge in [-0.05, 0) is 86.6 Å². The number of anilines is 6. The Balaban J connectivity index is 1.23. The molecule has 11 rings (SSSR count). The summed E-state index contributed by atoms with van der Waals surface area (Å²) in [5.74, 6) is 0. The van der Waals surface area contributed by atoms with Gasteiger partial charge in [0.05, 0.1) is 0 Å². The lowest BCUT2D eigenvalue weighted by atomic mass is 9.31. The molecule has 4 heteroatoms. The van der Waals surface area contributed by atoms with Crippen LogP contribution in [0.25, 0.3) is 22.3 Å². The smallest absolute Gasteiger partial charge is 0.246 e. The van der Waals surface area contributed by atoms with Crippen LogP contribution in [0.4, 0.5) is 34.1 Å². The molecule has 2 aliphatic heterocycles. The number of fused-ring (bicyclic) bond motifs is 4. The predicted molar refractivity (Wildman–Crippen MR) is 249 cm³/mol. The van der Waals surface area contributed by atoms with Crippen molar-refractivity contribution in [2.24, 2.45) is 0 Å². The zero-order valence-electron chi connectivity index (χ0n) is 32.0.